The third-order valence-electron chi connectivity index (χ3n) is 10.4. The van der Waals surface area contributed by atoms with E-state index in [1.165, 1.54) is 32.1 Å². The Hall–Kier alpha value is -0.610. The molecule has 174 valence electrons. The topological polar surface area (TPSA) is 77.8 Å². The van der Waals surface area contributed by atoms with Crippen LogP contribution in [-0.4, -0.2) is 34.0 Å². The molecule has 4 unspecified atom stereocenters. The number of hydrogen-bond acceptors (Lipinski definition) is 3. The molecule has 0 radical (unpaired) electrons. The zero-order valence-corrected chi connectivity index (χ0v) is 19.8. The molecule has 3 rings (SSSR count). The average Bonchev–Trinajstić information content (AvgIpc) is 3.06. The largest absolute Gasteiger partial charge is 0.481 e. The molecule has 0 heterocycles. The SMILES string of the molecule is CC[C@@H](CO)C1C[C@H](O)CCC1(C)C1CC[C@@]2(C)C(CC[C@@H]2[C@H](C)CCC(=O)O)C1. The van der Waals surface area contributed by atoms with E-state index >= 15 is 0 Å². The molecule has 4 heteroatoms. The molecular formula is C26H46O4. The first-order chi connectivity index (χ1) is 14.2. The van der Waals surface area contributed by atoms with Gasteiger partial charge in [-0.2, -0.15) is 0 Å². The van der Waals surface area contributed by atoms with E-state index in [0.29, 0.717) is 41.4 Å². The Morgan fingerprint density at radius 1 is 1.00 bits per heavy atom. The molecule has 3 aliphatic carbocycles. The maximum atomic E-state index is 11.1. The van der Waals surface area contributed by atoms with Crippen LogP contribution in [0.25, 0.3) is 0 Å². The maximum Gasteiger partial charge on any atom is 0.303 e. The second-order valence-corrected chi connectivity index (χ2v) is 11.7. The standard InChI is InChI=1S/C26H46O4/c1-5-18(16-27)23-15-21(28)11-13-26(23,4)20-10-12-25(3)19(14-20)7-8-22(25)17(2)6-9-24(29)30/h17-23,27-28H,5-16H2,1-4H3,(H,29,30)/t17-,18+,19?,20?,21-,22-,23?,25+,26?/m1/s1. The van der Waals surface area contributed by atoms with Crippen LogP contribution in [-0.2, 0) is 4.79 Å². The molecule has 3 aliphatic rings. The Kier molecular flexibility index (Phi) is 7.60. The molecule has 0 saturated heterocycles. The van der Waals surface area contributed by atoms with Gasteiger partial charge in [-0.05, 0) is 104 Å². The molecule has 0 spiro atoms. The van der Waals surface area contributed by atoms with Gasteiger partial charge in [0.15, 0.2) is 0 Å². The second-order valence-electron chi connectivity index (χ2n) is 11.7. The molecule has 0 bridgehead atoms. The molecule has 9 atom stereocenters. The fourth-order valence-electron chi connectivity index (χ4n) is 8.27. The summed E-state index contributed by atoms with van der Waals surface area (Å²) in [7, 11) is 0. The Morgan fingerprint density at radius 2 is 1.63 bits per heavy atom. The summed E-state index contributed by atoms with van der Waals surface area (Å²) in [6.07, 6.45) is 11.0. The lowest BCUT2D eigenvalue weighted by Crippen LogP contribution is -2.49. The zero-order chi connectivity index (χ0) is 22.1. The van der Waals surface area contributed by atoms with Gasteiger partial charge in [-0.25, -0.2) is 0 Å². The molecule has 3 N–H and O–H groups in total. The van der Waals surface area contributed by atoms with Crippen molar-refractivity contribution in [2.24, 2.45) is 46.3 Å². The van der Waals surface area contributed by atoms with Crippen molar-refractivity contribution in [2.45, 2.75) is 104 Å². The van der Waals surface area contributed by atoms with Crippen LogP contribution < -0.4 is 0 Å². The number of fused-ring (bicyclic) bond motifs is 1. The van der Waals surface area contributed by atoms with Gasteiger partial charge in [0.2, 0.25) is 0 Å². The van der Waals surface area contributed by atoms with Crippen molar-refractivity contribution in [3.8, 4) is 0 Å². The predicted molar refractivity (Wildman–Crippen MR) is 120 cm³/mol. The van der Waals surface area contributed by atoms with E-state index in [4.69, 9.17) is 5.11 Å². The molecule has 0 aromatic heterocycles. The van der Waals surface area contributed by atoms with Gasteiger partial charge >= 0.3 is 5.97 Å². The molecule has 4 nitrogen and oxygen atoms in total. The van der Waals surface area contributed by atoms with Crippen LogP contribution in [0.1, 0.15) is 98.3 Å². The summed E-state index contributed by atoms with van der Waals surface area (Å²) in [5.74, 6) is 2.61. The lowest BCUT2D eigenvalue weighted by molar-refractivity contribution is -0.137. The molecular weight excluding hydrogens is 376 g/mol. The number of hydrogen-bond donors (Lipinski definition) is 3. The highest BCUT2D eigenvalue weighted by atomic mass is 16.4. The van der Waals surface area contributed by atoms with Gasteiger partial charge in [-0.1, -0.05) is 34.1 Å². The van der Waals surface area contributed by atoms with Crippen molar-refractivity contribution in [2.75, 3.05) is 6.61 Å². The summed E-state index contributed by atoms with van der Waals surface area (Å²) >= 11 is 0. The lowest BCUT2D eigenvalue weighted by Gasteiger charge is -2.55. The van der Waals surface area contributed by atoms with Crippen molar-refractivity contribution in [3.63, 3.8) is 0 Å². The molecule has 0 aromatic carbocycles. The number of carboxylic acids is 1. The van der Waals surface area contributed by atoms with Crippen molar-refractivity contribution in [1.82, 2.24) is 0 Å². The molecule has 0 aliphatic heterocycles. The number of aliphatic carboxylic acids is 1. The quantitative estimate of drug-likeness (QED) is 0.482. The van der Waals surface area contributed by atoms with Crippen LogP contribution >= 0.6 is 0 Å². The summed E-state index contributed by atoms with van der Waals surface area (Å²) in [6.45, 7) is 9.66. The molecule has 30 heavy (non-hydrogen) atoms. The zero-order valence-electron chi connectivity index (χ0n) is 19.8. The van der Waals surface area contributed by atoms with E-state index in [9.17, 15) is 15.0 Å². The van der Waals surface area contributed by atoms with Crippen molar-refractivity contribution < 1.29 is 20.1 Å². The summed E-state index contributed by atoms with van der Waals surface area (Å²) in [5.41, 5.74) is 0.576. The first kappa shape index (κ1) is 24.0. The van der Waals surface area contributed by atoms with E-state index in [2.05, 4.69) is 27.7 Å². The van der Waals surface area contributed by atoms with E-state index in [1.54, 1.807) is 0 Å². The van der Waals surface area contributed by atoms with E-state index in [0.717, 1.165) is 38.0 Å². The molecule has 0 aromatic rings. The summed E-state index contributed by atoms with van der Waals surface area (Å²) < 4.78 is 0. The van der Waals surface area contributed by atoms with Gasteiger partial charge in [0.25, 0.3) is 0 Å². The highest BCUT2D eigenvalue weighted by Gasteiger charge is 2.55. The Bertz CT molecular complexity index is 588. The number of aliphatic hydroxyl groups excluding tert-OH is 2. The third-order valence-corrected chi connectivity index (χ3v) is 10.4. The number of carboxylic acid groups (broad SMARTS) is 1. The van der Waals surface area contributed by atoms with E-state index in [-0.39, 0.29) is 18.1 Å². The van der Waals surface area contributed by atoms with Crippen LogP contribution in [0.5, 0.6) is 0 Å². The van der Waals surface area contributed by atoms with Crippen molar-refractivity contribution in [3.05, 3.63) is 0 Å². The Balaban J connectivity index is 1.73. The lowest BCUT2D eigenvalue weighted by atomic mass is 9.50. The van der Waals surface area contributed by atoms with Gasteiger partial charge in [0.05, 0.1) is 6.10 Å². The predicted octanol–water partition coefficient (Wildman–Crippen LogP) is 5.51. The van der Waals surface area contributed by atoms with Gasteiger partial charge in [0, 0.05) is 13.0 Å². The summed E-state index contributed by atoms with van der Waals surface area (Å²) in [6, 6.07) is 0. The van der Waals surface area contributed by atoms with Crippen LogP contribution in [0.15, 0.2) is 0 Å². The second kappa shape index (κ2) is 9.48. The monoisotopic (exact) mass is 422 g/mol. The van der Waals surface area contributed by atoms with Gasteiger partial charge < -0.3 is 15.3 Å². The minimum Gasteiger partial charge on any atom is -0.481 e. The fraction of sp³-hybridized carbons (Fsp3) is 0.962. The van der Waals surface area contributed by atoms with Crippen LogP contribution in [0.3, 0.4) is 0 Å². The minimum absolute atomic E-state index is 0.205. The van der Waals surface area contributed by atoms with E-state index < -0.39 is 5.97 Å². The Labute approximate surface area is 183 Å². The first-order valence-electron chi connectivity index (χ1n) is 12.7. The number of carbonyl (C=O) groups is 1. The van der Waals surface area contributed by atoms with Crippen molar-refractivity contribution in [1.29, 1.82) is 0 Å². The van der Waals surface area contributed by atoms with Gasteiger partial charge in [-0.15, -0.1) is 0 Å². The normalized spacial score (nSPS) is 43.7. The minimum atomic E-state index is -0.668. The summed E-state index contributed by atoms with van der Waals surface area (Å²) in [4.78, 5) is 11.1. The molecule has 3 fully saturated rings. The van der Waals surface area contributed by atoms with E-state index in [1.807, 2.05) is 0 Å². The smallest absolute Gasteiger partial charge is 0.303 e. The Morgan fingerprint density at radius 3 is 2.27 bits per heavy atom. The van der Waals surface area contributed by atoms with Crippen LogP contribution in [0.4, 0.5) is 0 Å². The van der Waals surface area contributed by atoms with Gasteiger partial charge in [-0.3, -0.25) is 4.79 Å². The van der Waals surface area contributed by atoms with Crippen molar-refractivity contribution >= 4 is 5.97 Å². The fourth-order valence-corrected chi connectivity index (χ4v) is 8.27. The van der Waals surface area contributed by atoms with Crippen LogP contribution in [0, 0.1) is 46.3 Å². The molecule has 0 amide bonds. The number of rotatable bonds is 8. The van der Waals surface area contributed by atoms with Crippen LogP contribution in [0.2, 0.25) is 0 Å². The first-order valence-corrected chi connectivity index (χ1v) is 12.7. The summed E-state index contributed by atoms with van der Waals surface area (Å²) in [5, 5.41) is 29.6. The molecule has 3 saturated carbocycles. The third kappa shape index (κ3) is 4.46. The highest BCUT2D eigenvalue weighted by molar-refractivity contribution is 5.66. The highest BCUT2D eigenvalue weighted by Crippen LogP contribution is 2.63. The average molecular weight is 423 g/mol. The maximum absolute atomic E-state index is 11.1. The number of aliphatic hydroxyl groups is 2. The van der Waals surface area contributed by atoms with Gasteiger partial charge in [0.1, 0.15) is 0 Å².